The third kappa shape index (κ3) is 3.56. The monoisotopic (exact) mass is 234 g/mol. The van der Waals surface area contributed by atoms with Crippen molar-refractivity contribution in [2.75, 3.05) is 0 Å². The molecular formula is C14H22N2O. The number of carbonyl (C=O) groups excluding carboxylic acids is 1. The van der Waals surface area contributed by atoms with Crippen LogP contribution >= 0.6 is 0 Å². The van der Waals surface area contributed by atoms with Crippen molar-refractivity contribution in [1.82, 2.24) is 5.32 Å². The van der Waals surface area contributed by atoms with Gasteiger partial charge in [0.15, 0.2) is 0 Å². The SMILES string of the molecule is Cc1ccccc1C(C)NC(=O)C(C)C(C)N. The molecule has 0 aromatic heterocycles. The summed E-state index contributed by atoms with van der Waals surface area (Å²) < 4.78 is 0. The molecule has 1 amide bonds. The second-order valence-corrected chi connectivity index (χ2v) is 4.73. The van der Waals surface area contributed by atoms with E-state index in [9.17, 15) is 4.79 Å². The molecule has 0 spiro atoms. The largest absolute Gasteiger partial charge is 0.349 e. The van der Waals surface area contributed by atoms with E-state index in [0.29, 0.717) is 0 Å². The van der Waals surface area contributed by atoms with Crippen LogP contribution in [0.3, 0.4) is 0 Å². The predicted molar refractivity (Wildman–Crippen MR) is 70.6 cm³/mol. The molecule has 3 nitrogen and oxygen atoms in total. The highest BCUT2D eigenvalue weighted by Crippen LogP contribution is 2.17. The van der Waals surface area contributed by atoms with Gasteiger partial charge in [0.1, 0.15) is 0 Å². The van der Waals surface area contributed by atoms with Crippen molar-refractivity contribution in [3.63, 3.8) is 0 Å². The van der Waals surface area contributed by atoms with Gasteiger partial charge in [0.25, 0.3) is 0 Å². The molecule has 1 aromatic carbocycles. The minimum Gasteiger partial charge on any atom is -0.349 e. The summed E-state index contributed by atoms with van der Waals surface area (Å²) in [5.74, 6) is -0.155. The molecule has 3 unspecified atom stereocenters. The van der Waals surface area contributed by atoms with Crippen molar-refractivity contribution in [3.8, 4) is 0 Å². The zero-order valence-electron chi connectivity index (χ0n) is 11.0. The van der Waals surface area contributed by atoms with E-state index >= 15 is 0 Å². The molecule has 0 heterocycles. The second-order valence-electron chi connectivity index (χ2n) is 4.73. The van der Waals surface area contributed by atoms with Gasteiger partial charge in [-0.05, 0) is 31.9 Å². The van der Waals surface area contributed by atoms with Gasteiger partial charge in [-0.3, -0.25) is 4.79 Å². The van der Waals surface area contributed by atoms with E-state index in [2.05, 4.69) is 5.32 Å². The van der Waals surface area contributed by atoms with Crippen LogP contribution in [0, 0.1) is 12.8 Å². The third-order valence-corrected chi connectivity index (χ3v) is 3.22. The molecule has 0 saturated carbocycles. The highest BCUT2D eigenvalue weighted by atomic mass is 16.1. The lowest BCUT2D eigenvalue weighted by molar-refractivity contribution is -0.125. The minimum absolute atomic E-state index is 0.00996. The number of amides is 1. The van der Waals surface area contributed by atoms with Crippen molar-refractivity contribution in [2.24, 2.45) is 11.7 Å². The lowest BCUT2D eigenvalue weighted by Gasteiger charge is -2.21. The van der Waals surface area contributed by atoms with Gasteiger partial charge in [-0.15, -0.1) is 0 Å². The van der Waals surface area contributed by atoms with Crippen LogP contribution in [0.25, 0.3) is 0 Å². The van der Waals surface area contributed by atoms with Crippen LogP contribution in [0.4, 0.5) is 0 Å². The number of aryl methyl sites for hydroxylation is 1. The summed E-state index contributed by atoms with van der Waals surface area (Å²) in [6, 6.07) is 7.96. The molecular weight excluding hydrogens is 212 g/mol. The number of hydrogen-bond acceptors (Lipinski definition) is 2. The molecule has 1 rings (SSSR count). The second kappa shape index (κ2) is 5.82. The lowest BCUT2D eigenvalue weighted by Crippen LogP contribution is -2.39. The average Bonchev–Trinajstić information content (AvgIpc) is 2.28. The summed E-state index contributed by atoms with van der Waals surface area (Å²) in [7, 11) is 0. The van der Waals surface area contributed by atoms with Crippen LogP contribution < -0.4 is 11.1 Å². The molecule has 3 N–H and O–H groups in total. The Bertz CT molecular complexity index is 388. The van der Waals surface area contributed by atoms with Gasteiger partial charge in [0.05, 0.1) is 6.04 Å². The molecule has 3 heteroatoms. The van der Waals surface area contributed by atoms with Gasteiger partial charge in [-0.2, -0.15) is 0 Å². The minimum atomic E-state index is -0.165. The van der Waals surface area contributed by atoms with Crippen LogP contribution in [0.2, 0.25) is 0 Å². The number of nitrogens with two attached hydrogens (primary N) is 1. The maximum atomic E-state index is 11.9. The molecule has 0 saturated heterocycles. The molecule has 0 radical (unpaired) electrons. The summed E-state index contributed by atoms with van der Waals surface area (Å²) in [5.41, 5.74) is 8.06. The van der Waals surface area contributed by atoms with E-state index in [0.717, 1.165) is 5.56 Å². The van der Waals surface area contributed by atoms with Gasteiger partial charge in [-0.1, -0.05) is 31.2 Å². The fourth-order valence-corrected chi connectivity index (χ4v) is 1.73. The molecule has 0 aliphatic carbocycles. The van der Waals surface area contributed by atoms with Crippen LogP contribution in [-0.2, 0) is 4.79 Å². The fourth-order valence-electron chi connectivity index (χ4n) is 1.73. The van der Waals surface area contributed by atoms with Crippen LogP contribution in [-0.4, -0.2) is 11.9 Å². The van der Waals surface area contributed by atoms with Crippen molar-refractivity contribution >= 4 is 5.91 Å². The summed E-state index contributed by atoms with van der Waals surface area (Å²) in [6.45, 7) is 7.74. The fraction of sp³-hybridized carbons (Fsp3) is 0.500. The lowest BCUT2D eigenvalue weighted by atomic mass is 10.00. The van der Waals surface area contributed by atoms with Crippen LogP contribution in [0.5, 0.6) is 0 Å². The molecule has 0 aliphatic rings. The first-order valence-electron chi connectivity index (χ1n) is 6.05. The van der Waals surface area contributed by atoms with Gasteiger partial charge < -0.3 is 11.1 Å². The predicted octanol–water partition coefficient (Wildman–Crippen LogP) is 2.16. The van der Waals surface area contributed by atoms with Crippen LogP contribution in [0.1, 0.15) is 37.9 Å². The zero-order valence-corrected chi connectivity index (χ0v) is 11.0. The molecule has 0 fully saturated rings. The first-order chi connectivity index (χ1) is 7.93. The van der Waals surface area contributed by atoms with E-state index in [4.69, 9.17) is 5.73 Å². The maximum absolute atomic E-state index is 11.9. The van der Waals surface area contributed by atoms with Crippen molar-refractivity contribution < 1.29 is 4.79 Å². The van der Waals surface area contributed by atoms with E-state index in [-0.39, 0.29) is 23.9 Å². The van der Waals surface area contributed by atoms with Crippen molar-refractivity contribution in [1.29, 1.82) is 0 Å². The Morgan fingerprint density at radius 3 is 2.35 bits per heavy atom. The highest BCUT2D eigenvalue weighted by Gasteiger charge is 2.19. The molecule has 0 bridgehead atoms. The number of nitrogens with one attached hydrogen (secondary N) is 1. The standard InChI is InChI=1S/C14H22N2O/c1-9-7-5-6-8-13(9)12(4)16-14(17)10(2)11(3)15/h5-8,10-12H,15H2,1-4H3,(H,16,17). The molecule has 0 aliphatic heterocycles. The van der Waals surface area contributed by atoms with E-state index in [1.165, 1.54) is 5.56 Å². The summed E-state index contributed by atoms with van der Waals surface area (Å²) in [5, 5.41) is 3.00. The number of hydrogen-bond donors (Lipinski definition) is 2. The summed E-state index contributed by atoms with van der Waals surface area (Å²) in [6.07, 6.45) is 0. The highest BCUT2D eigenvalue weighted by molar-refractivity contribution is 5.79. The summed E-state index contributed by atoms with van der Waals surface area (Å²) in [4.78, 5) is 11.9. The Labute approximate surface area is 103 Å². The van der Waals surface area contributed by atoms with Gasteiger partial charge in [0, 0.05) is 12.0 Å². The smallest absolute Gasteiger partial charge is 0.224 e. The molecule has 3 atom stereocenters. The van der Waals surface area contributed by atoms with Crippen molar-refractivity contribution in [3.05, 3.63) is 35.4 Å². The van der Waals surface area contributed by atoms with Gasteiger partial charge >= 0.3 is 0 Å². The Kier molecular flexibility index (Phi) is 4.70. The molecule has 94 valence electrons. The van der Waals surface area contributed by atoms with E-state index in [1.54, 1.807) is 0 Å². The first-order valence-corrected chi connectivity index (χ1v) is 6.05. The number of benzene rings is 1. The molecule has 1 aromatic rings. The Morgan fingerprint density at radius 1 is 1.24 bits per heavy atom. The Morgan fingerprint density at radius 2 is 1.82 bits per heavy atom. The van der Waals surface area contributed by atoms with Gasteiger partial charge in [-0.25, -0.2) is 0 Å². The summed E-state index contributed by atoms with van der Waals surface area (Å²) >= 11 is 0. The maximum Gasteiger partial charge on any atom is 0.224 e. The van der Waals surface area contributed by atoms with E-state index < -0.39 is 0 Å². The number of carbonyl (C=O) groups is 1. The zero-order chi connectivity index (χ0) is 13.0. The third-order valence-electron chi connectivity index (χ3n) is 3.22. The Hall–Kier alpha value is -1.35. The van der Waals surface area contributed by atoms with E-state index in [1.807, 2.05) is 52.0 Å². The quantitative estimate of drug-likeness (QED) is 0.838. The first kappa shape index (κ1) is 13.7. The molecule has 17 heavy (non-hydrogen) atoms. The topological polar surface area (TPSA) is 55.1 Å². The van der Waals surface area contributed by atoms with Crippen molar-refractivity contribution in [2.45, 2.75) is 39.8 Å². The number of rotatable bonds is 4. The Balaban J connectivity index is 2.70. The van der Waals surface area contributed by atoms with Gasteiger partial charge in [0.2, 0.25) is 5.91 Å². The normalized spacial score (nSPS) is 16.1. The average molecular weight is 234 g/mol. The van der Waals surface area contributed by atoms with Crippen LogP contribution in [0.15, 0.2) is 24.3 Å².